The number of nitrogens with one attached hydrogen (secondary N) is 2. The SMILES string of the molecule is CNC(=O)C1CCN(S(=O)(=O)c2cc3c(cc2F)NC(=O)CC3)C1. The number of carbonyl (C=O) groups is 2. The highest BCUT2D eigenvalue weighted by Gasteiger charge is 2.37. The monoisotopic (exact) mass is 355 g/mol. The van der Waals surface area contributed by atoms with E-state index in [1.165, 1.54) is 13.1 Å². The van der Waals surface area contributed by atoms with E-state index in [1.54, 1.807) is 0 Å². The molecule has 130 valence electrons. The Labute approximate surface area is 139 Å². The van der Waals surface area contributed by atoms with Gasteiger partial charge in [-0.15, -0.1) is 0 Å². The van der Waals surface area contributed by atoms with Crippen LogP contribution in [0.15, 0.2) is 17.0 Å². The molecule has 0 radical (unpaired) electrons. The van der Waals surface area contributed by atoms with E-state index >= 15 is 0 Å². The molecule has 1 atom stereocenters. The minimum absolute atomic E-state index is 0.0370. The van der Waals surface area contributed by atoms with E-state index in [-0.39, 0.29) is 31.3 Å². The molecule has 1 aromatic carbocycles. The highest BCUT2D eigenvalue weighted by Crippen LogP contribution is 2.31. The molecule has 0 aliphatic carbocycles. The highest BCUT2D eigenvalue weighted by atomic mass is 32.2. The second-order valence-corrected chi connectivity index (χ2v) is 7.86. The fraction of sp³-hybridized carbons (Fsp3) is 0.467. The molecule has 2 aliphatic heterocycles. The first-order valence-corrected chi connectivity index (χ1v) is 9.11. The van der Waals surface area contributed by atoms with Gasteiger partial charge < -0.3 is 10.6 Å². The summed E-state index contributed by atoms with van der Waals surface area (Å²) in [6.45, 7) is 0.211. The molecule has 0 spiro atoms. The zero-order chi connectivity index (χ0) is 17.5. The Bertz CT molecular complexity index is 809. The van der Waals surface area contributed by atoms with Gasteiger partial charge in [-0.3, -0.25) is 9.59 Å². The van der Waals surface area contributed by atoms with E-state index in [2.05, 4.69) is 10.6 Å². The highest BCUT2D eigenvalue weighted by molar-refractivity contribution is 7.89. The number of anilines is 1. The Morgan fingerprint density at radius 1 is 1.38 bits per heavy atom. The molecule has 9 heteroatoms. The van der Waals surface area contributed by atoms with Gasteiger partial charge in [-0.1, -0.05) is 0 Å². The second kappa shape index (κ2) is 6.14. The number of fused-ring (bicyclic) bond motifs is 1. The van der Waals surface area contributed by atoms with Crippen molar-refractivity contribution >= 4 is 27.5 Å². The number of benzene rings is 1. The lowest BCUT2D eigenvalue weighted by Crippen LogP contribution is -2.33. The molecule has 1 aromatic rings. The van der Waals surface area contributed by atoms with Crippen LogP contribution in [0.1, 0.15) is 18.4 Å². The minimum Gasteiger partial charge on any atom is -0.359 e. The fourth-order valence-electron chi connectivity index (χ4n) is 3.08. The van der Waals surface area contributed by atoms with Gasteiger partial charge in [0, 0.05) is 32.2 Å². The Hall–Kier alpha value is -2.00. The van der Waals surface area contributed by atoms with Crippen molar-refractivity contribution in [3.05, 3.63) is 23.5 Å². The van der Waals surface area contributed by atoms with Crippen LogP contribution in [0, 0.1) is 11.7 Å². The van der Waals surface area contributed by atoms with Crippen LogP contribution < -0.4 is 10.6 Å². The van der Waals surface area contributed by atoms with Crippen molar-refractivity contribution in [1.29, 1.82) is 0 Å². The number of hydrogen-bond donors (Lipinski definition) is 2. The lowest BCUT2D eigenvalue weighted by atomic mass is 10.0. The van der Waals surface area contributed by atoms with Crippen molar-refractivity contribution in [2.75, 3.05) is 25.5 Å². The smallest absolute Gasteiger partial charge is 0.246 e. The lowest BCUT2D eigenvalue weighted by Gasteiger charge is -2.21. The molecule has 1 fully saturated rings. The van der Waals surface area contributed by atoms with E-state index in [4.69, 9.17) is 0 Å². The molecule has 0 aromatic heterocycles. The summed E-state index contributed by atoms with van der Waals surface area (Å²) in [5.41, 5.74) is 0.906. The number of hydrogen-bond acceptors (Lipinski definition) is 4. The summed E-state index contributed by atoms with van der Waals surface area (Å²) in [6, 6.07) is 2.33. The van der Waals surface area contributed by atoms with Crippen LogP contribution in [-0.2, 0) is 26.0 Å². The molecule has 2 N–H and O–H groups in total. The van der Waals surface area contributed by atoms with E-state index in [0.717, 1.165) is 10.4 Å². The van der Waals surface area contributed by atoms with Gasteiger partial charge in [0.1, 0.15) is 10.7 Å². The number of rotatable bonds is 3. The Morgan fingerprint density at radius 3 is 2.83 bits per heavy atom. The van der Waals surface area contributed by atoms with Crippen molar-refractivity contribution < 1.29 is 22.4 Å². The van der Waals surface area contributed by atoms with Crippen LogP contribution in [-0.4, -0.2) is 44.7 Å². The molecule has 2 heterocycles. The van der Waals surface area contributed by atoms with E-state index in [9.17, 15) is 22.4 Å². The normalized spacial score (nSPS) is 21.2. The number of nitrogens with zero attached hydrogens (tertiary/aromatic N) is 1. The summed E-state index contributed by atoms with van der Waals surface area (Å²) in [4.78, 5) is 22.6. The third kappa shape index (κ3) is 2.89. The van der Waals surface area contributed by atoms with Crippen molar-refractivity contribution in [3.8, 4) is 0 Å². The number of amides is 2. The molecule has 2 amide bonds. The minimum atomic E-state index is -4.03. The number of aryl methyl sites for hydroxylation is 1. The first kappa shape index (κ1) is 16.8. The number of sulfonamides is 1. The van der Waals surface area contributed by atoms with Gasteiger partial charge in [0.2, 0.25) is 21.8 Å². The molecule has 0 bridgehead atoms. The summed E-state index contributed by atoms with van der Waals surface area (Å²) in [7, 11) is -2.53. The molecule has 0 saturated carbocycles. The molecular formula is C15H18FN3O4S. The van der Waals surface area contributed by atoms with Gasteiger partial charge in [0.25, 0.3) is 0 Å². The lowest BCUT2D eigenvalue weighted by molar-refractivity contribution is -0.124. The van der Waals surface area contributed by atoms with Crippen molar-refractivity contribution in [3.63, 3.8) is 0 Å². The van der Waals surface area contributed by atoms with E-state index in [1.807, 2.05) is 0 Å². The summed E-state index contributed by atoms with van der Waals surface area (Å²) in [6.07, 6.45) is 1.01. The molecule has 1 unspecified atom stereocenters. The molecule has 24 heavy (non-hydrogen) atoms. The molecule has 7 nitrogen and oxygen atoms in total. The number of carbonyl (C=O) groups excluding carboxylic acids is 2. The first-order chi connectivity index (χ1) is 11.3. The van der Waals surface area contributed by atoms with Crippen LogP contribution in [0.2, 0.25) is 0 Å². The Balaban J connectivity index is 1.91. The molecule has 1 saturated heterocycles. The largest absolute Gasteiger partial charge is 0.359 e. The predicted octanol–water partition coefficient (Wildman–Crippen LogP) is 0.467. The summed E-state index contributed by atoms with van der Waals surface area (Å²) in [5, 5.41) is 5.04. The van der Waals surface area contributed by atoms with Crippen molar-refractivity contribution in [2.45, 2.75) is 24.2 Å². The maximum absolute atomic E-state index is 14.3. The van der Waals surface area contributed by atoms with Crippen LogP contribution in [0.25, 0.3) is 0 Å². The van der Waals surface area contributed by atoms with Gasteiger partial charge >= 0.3 is 0 Å². The predicted molar refractivity (Wildman–Crippen MR) is 84.3 cm³/mol. The quantitative estimate of drug-likeness (QED) is 0.824. The van der Waals surface area contributed by atoms with Gasteiger partial charge in [0.05, 0.1) is 5.92 Å². The average Bonchev–Trinajstić information content (AvgIpc) is 3.04. The fourth-order valence-corrected chi connectivity index (χ4v) is 4.68. The Morgan fingerprint density at radius 2 is 2.12 bits per heavy atom. The Kier molecular flexibility index (Phi) is 4.31. The van der Waals surface area contributed by atoms with Crippen molar-refractivity contribution in [1.82, 2.24) is 9.62 Å². The topological polar surface area (TPSA) is 95.6 Å². The van der Waals surface area contributed by atoms with E-state index < -0.39 is 26.7 Å². The maximum atomic E-state index is 14.3. The van der Waals surface area contributed by atoms with Crippen LogP contribution in [0.5, 0.6) is 0 Å². The molecule has 2 aliphatic rings. The van der Waals surface area contributed by atoms with Gasteiger partial charge in [0.15, 0.2) is 0 Å². The standard InChI is InChI=1S/C15H18FN3O4S/c1-17-15(21)10-4-5-19(8-10)24(22,23)13-6-9-2-3-14(20)18-12(9)7-11(13)16/h6-7,10H,2-5,8H2,1H3,(H,17,21)(H,18,20). The summed E-state index contributed by atoms with van der Waals surface area (Å²) < 4.78 is 40.9. The molecule has 3 rings (SSSR count). The zero-order valence-electron chi connectivity index (χ0n) is 13.1. The van der Waals surface area contributed by atoms with Crippen LogP contribution in [0.4, 0.5) is 10.1 Å². The van der Waals surface area contributed by atoms with E-state index in [0.29, 0.717) is 24.1 Å². The first-order valence-electron chi connectivity index (χ1n) is 7.67. The third-order valence-electron chi connectivity index (χ3n) is 4.44. The van der Waals surface area contributed by atoms with Crippen molar-refractivity contribution in [2.24, 2.45) is 5.92 Å². The second-order valence-electron chi connectivity index (χ2n) is 5.95. The van der Waals surface area contributed by atoms with Gasteiger partial charge in [-0.2, -0.15) is 4.31 Å². The third-order valence-corrected chi connectivity index (χ3v) is 6.32. The van der Waals surface area contributed by atoms with Gasteiger partial charge in [-0.05, 0) is 30.5 Å². The average molecular weight is 355 g/mol. The number of halogens is 1. The summed E-state index contributed by atoms with van der Waals surface area (Å²) in [5.74, 6) is -1.77. The maximum Gasteiger partial charge on any atom is 0.246 e. The van der Waals surface area contributed by atoms with Crippen LogP contribution in [0.3, 0.4) is 0 Å². The molecular weight excluding hydrogens is 337 g/mol. The zero-order valence-corrected chi connectivity index (χ0v) is 14.0. The van der Waals surface area contributed by atoms with Gasteiger partial charge in [-0.25, -0.2) is 12.8 Å². The van der Waals surface area contributed by atoms with Crippen LogP contribution >= 0.6 is 0 Å². The summed E-state index contributed by atoms with van der Waals surface area (Å²) >= 11 is 0.